The molecule has 60 valence electrons. The van der Waals surface area contributed by atoms with E-state index in [0.717, 1.165) is 25.0 Å². The lowest BCUT2D eigenvalue weighted by Crippen LogP contribution is -2.44. The van der Waals surface area contributed by atoms with E-state index in [1.54, 1.807) is 0 Å². The van der Waals surface area contributed by atoms with Crippen molar-refractivity contribution in [3.63, 3.8) is 0 Å². The van der Waals surface area contributed by atoms with Crippen LogP contribution in [-0.4, -0.2) is 18.6 Å². The number of amides is 1. The van der Waals surface area contributed by atoms with E-state index in [1.807, 2.05) is 0 Å². The first-order valence-electron chi connectivity index (χ1n) is 3.98. The molecule has 1 atom stereocenters. The second-order valence-corrected chi connectivity index (χ2v) is 2.95. The maximum absolute atomic E-state index is 10.9. The molecule has 0 spiro atoms. The van der Waals surface area contributed by atoms with Crippen LogP contribution in [-0.2, 0) is 9.53 Å². The van der Waals surface area contributed by atoms with Gasteiger partial charge in [0.25, 0.3) is 5.91 Å². The third-order valence-corrected chi connectivity index (χ3v) is 2.09. The van der Waals surface area contributed by atoms with Gasteiger partial charge in [-0.15, -0.1) is 0 Å². The Labute approximate surface area is 65.4 Å². The molecule has 1 N–H and O–H groups in total. The molecule has 1 aliphatic carbocycles. The number of ether oxygens (including phenoxy) is 1. The quantitative estimate of drug-likeness (QED) is 0.552. The Morgan fingerprint density at radius 1 is 1.64 bits per heavy atom. The molecule has 1 heterocycles. The van der Waals surface area contributed by atoms with Crippen molar-refractivity contribution in [2.45, 2.75) is 25.3 Å². The van der Waals surface area contributed by atoms with Crippen molar-refractivity contribution in [2.75, 3.05) is 6.61 Å². The summed E-state index contributed by atoms with van der Waals surface area (Å²) in [6.07, 6.45) is 5.34. The first-order valence-corrected chi connectivity index (χ1v) is 3.98. The lowest BCUT2D eigenvalue weighted by Gasteiger charge is -2.29. The molecule has 0 bridgehead atoms. The predicted octanol–water partition coefficient (Wildman–Crippen LogP) is 0.569. The summed E-state index contributed by atoms with van der Waals surface area (Å²) in [5.41, 5.74) is 0. The molecule has 1 unspecified atom stereocenters. The number of carbonyl (C=O) groups excluding carboxylic acids is 1. The van der Waals surface area contributed by atoms with E-state index in [9.17, 15) is 4.79 Å². The van der Waals surface area contributed by atoms with Crippen LogP contribution in [0.2, 0.25) is 0 Å². The fourth-order valence-corrected chi connectivity index (χ4v) is 1.54. The first-order chi connectivity index (χ1) is 5.36. The Kier molecular flexibility index (Phi) is 1.56. The number of allylic oxidation sites excluding steroid dienone is 1. The molecular formula is C8H11NO2. The average molecular weight is 153 g/mol. The molecule has 0 radical (unpaired) electrons. The number of fused-ring (bicyclic) bond motifs is 1. The highest BCUT2D eigenvalue weighted by atomic mass is 16.5. The van der Waals surface area contributed by atoms with Crippen molar-refractivity contribution in [3.05, 3.63) is 11.8 Å². The Morgan fingerprint density at radius 3 is 3.45 bits per heavy atom. The van der Waals surface area contributed by atoms with Crippen molar-refractivity contribution < 1.29 is 9.53 Å². The minimum absolute atomic E-state index is 0.00838. The van der Waals surface area contributed by atoms with E-state index < -0.39 is 0 Å². The van der Waals surface area contributed by atoms with Gasteiger partial charge in [0.2, 0.25) is 0 Å². The summed E-state index contributed by atoms with van der Waals surface area (Å²) in [7, 11) is 0. The first kappa shape index (κ1) is 6.70. The zero-order valence-corrected chi connectivity index (χ0v) is 6.30. The maximum atomic E-state index is 10.9. The van der Waals surface area contributed by atoms with Gasteiger partial charge in [-0.3, -0.25) is 4.79 Å². The lowest BCUT2D eigenvalue weighted by molar-refractivity contribution is -0.128. The van der Waals surface area contributed by atoms with Gasteiger partial charge < -0.3 is 10.1 Å². The van der Waals surface area contributed by atoms with E-state index in [0.29, 0.717) is 0 Å². The zero-order chi connectivity index (χ0) is 7.68. The normalized spacial score (nSPS) is 29.6. The Bertz CT molecular complexity index is 210. The van der Waals surface area contributed by atoms with Crippen molar-refractivity contribution in [3.8, 4) is 0 Å². The van der Waals surface area contributed by atoms with E-state index in [1.165, 1.54) is 0 Å². The summed E-state index contributed by atoms with van der Waals surface area (Å²) < 4.78 is 5.24. The van der Waals surface area contributed by atoms with Crippen molar-refractivity contribution in [1.29, 1.82) is 0 Å². The van der Waals surface area contributed by atoms with Crippen LogP contribution < -0.4 is 5.32 Å². The number of carbonyl (C=O) groups is 1. The monoisotopic (exact) mass is 153 g/mol. The molecular weight excluding hydrogens is 142 g/mol. The average Bonchev–Trinajstić information content (AvgIpc) is 2.04. The number of hydrogen-bond acceptors (Lipinski definition) is 2. The van der Waals surface area contributed by atoms with Crippen LogP contribution in [0.5, 0.6) is 0 Å². The third kappa shape index (κ3) is 1.23. The topological polar surface area (TPSA) is 38.3 Å². The van der Waals surface area contributed by atoms with Crippen molar-refractivity contribution in [2.24, 2.45) is 0 Å². The predicted molar refractivity (Wildman–Crippen MR) is 39.8 cm³/mol. The standard InChI is InChI=1S/C8H11NO2/c10-8-5-11-7-4-2-1-3-6(7)9-8/h4,6H,1-3,5H2,(H,9,10). The Balaban J connectivity index is 2.12. The van der Waals surface area contributed by atoms with E-state index in [4.69, 9.17) is 4.74 Å². The molecule has 0 aromatic carbocycles. The molecule has 0 aromatic heterocycles. The molecule has 1 amide bonds. The van der Waals surface area contributed by atoms with Crippen LogP contribution in [0.4, 0.5) is 0 Å². The number of rotatable bonds is 0. The van der Waals surface area contributed by atoms with Gasteiger partial charge in [-0.2, -0.15) is 0 Å². The highest BCUT2D eigenvalue weighted by Gasteiger charge is 2.25. The second-order valence-electron chi connectivity index (χ2n) is 2.95. The largest absolute Gasteiger partial charge is 0.486 e. The van der Waals surface area contributed by atoms with Crippen LogP contribution in [0.1, 0.15) is 19.3 Å². The van der Waals surface area contributed by atoms with Crippen molar-refractivity contribution in [1.82, 2.24) is 5.32 Å². The van der Waals surface area contributed by atoms with Gasteiger partial charge in [0.1, 0.15) is 5.76 Å². The molecule has 3 nitrogen and oxygen atoms in total. The van der Waals surface area contributed by atoms with Gasteiger partial charge in [0, 0.05) is 0 Å². The second kappa shape index (κ2) is 2.57. The molecule has 1 fully saturated rings. The third-order valence-electron chi connectivity index (χ3n) is 2.09. The van der Waals surface area contributed by atoms with Crippen LogP contribution in [0.15, 0.2) is 11.8 Å². The Hall–Kier alpha value is -0.990. The number of nitrogens with one attached hydrogen (secondary N) is 1. The lowest BCUT2D eigenvalue weighted by atomic mass is 10.00. The smallest absolute Gasteiger partial charge is 0.258 e. The van der Waals surface area contributed by atoms with Gasteiger partial charge in [0.15, 0.2) is 6.61 Å². The van der Waals surface area contributed by atoms with Crippen LogP contribution in [0.25, 0.3) is 0 Å². The number of morpholine rings is 1. The van der Waals surface area contributed by atoms with E-state index >= 15 is 0 Å². The molecule has 2 rings (SSSR count). The van der Waals surface area contributed by atoms with Crippen LogP contribution >= 0.6 is 0 Å². The summed E-state index contributed by atoms with van der Waals surface area (Å²) >= 11 is 0. The molecule has 3 heteroatoms. The van der Waals surface area contributed by atoms with Crippen LogP contribution in [0, 0.1) is 0 Å². The minimum atomic E-state index is 0.00838. The summed E-state index contributed by atoms with van der Waals surface area (Å²) in [6.45, 7) is 0.197. The summed E-state index contributed by atoms with van der Waals surface area (Å²) in [6, 6.07) is 0.171. The minimum Gasteiger partial charge on any atom is -0.486 e. The summed E-state index contributed by atoms with van der Waals surface area (Å²) in [4.78, 5) is 10.9. The summed E-state index contributed by atoms with van der Waals surface area (Å²) in [5, 5.41) is 2.89. The summed E-state index contributed by atoms with van der Waals surface area (Å²) in [5.74, 6) is 0.977. The van der Waals surface area contributed by atoms with E-state index in [-0.39, 0.29) is 18.6 Å². The number of hydrogen-bond donors (Lipinski definition) is 1. The fourth-order valence-electron chi connectivity index (χ4n) is 1.54. The fraction of sp³-hybridized carbons (Fsp3) is 0.625. The molecule has 0 saturated carbocycles. The SMILES string of the molecule is O=C1COC2=CCCCC2N1. The molecule has 1 saturated heterocycles. The Morgan fingerprint density at radius 2 is 2.55 bits per heavy atom. The van der Waals surface area contributed by atoms with Crippen molar-refractivity contribution >= 4 is 5.91 Å². The molecule has 2 aliphatic rings. The molecule has 11 heavy (non-hydrogen) atoms. The molecule has 0 aromatic rings. The van der Waals surface area contributed by atoms with Crippen LogP contribution in [0.3, 0.4) is 0 Å². The van der Waals surface area contributed by atoms with Gasteiger partial charge in [-0.1, -0.05) is 0 Å². The van der Waals surface area contributed by atoms with Gasteiger partial charge in [-0.05, 0) is 25.3 Å². The molecule has 1 aliphatic heterocycles. The highest BCUT2D eigenvalue weighted by molar-refractivity contribution is 5.79. The van der Waals surface area contributed by atoms with Gasteiger partial charge in [0.05, 0.1) is 6.04 Å². The van der Waals surface area contributed by atoms with E-state index in [2.05, 4.69) is 11.4 Å². The van der Waals surface area contributed by atoms with Gasteiger partial charge in [-0.25, -0.2) is 0 Å². The zero-order valence-electron chi connectivity index (χ0n) is 6.30. The van der Waals surface area contributed by atoms with Gasteiger partial charge >= 0.3 is 0 Å². The maximum Gasteiger partial charge on any atom is 0.258 e. The highest BCUT2D eigenvalue weighted by Crippen LogP contribution is 2.21.